The van der Waals surface area contributed by atoms with Crippen LogP contribution in [0.25, 0.3) is 0 Å². The highest BCUT2D eigenvalue weighted by atomic mass is 16.5. The van der Waals surface area contributed by atoms with Gasteiger partial charge in [-0.3, -0.25) is 4.79 Å². The van der Waals surface area contributed by atoms with Gasteiger partial charge in [-0.25, -0.2) is 4.79 Å². The SMILES string of the molecule is CC(=O)CC1C(=O)C(O)=CCC(C)(CCC=C(C)C)C1/C=C/OC(=O)C=C(C)C. The molecule has 0 fully saturated rings. The van der Waals surface area contributed by atoms with Crippen LogP contribution in [0.15, 0.2) is 47.5 Å². The van der Waals surface area contributed by atoms with Crippen molar-refractivity contribution >= 4 is 17.5 Å². The van der Waals surface area contributed by atoms with Crippen molar-refractivity contribution in [3.05, 3.63) is 47.5 Å². The number of carbonyl (C=O) groups is 3. The summed E-state index contributed by atoms with van der Waals surface area (Å²) in [6.07, 6.45) is 10.2. The van der Waals surface area contributed by atoms with Crippen molar-refractivity contribution in [2.75, 3.05) is 0 Å². The zero-order valence-electron chi connectivity index (χ0n) is 18.5. The first-order valence-corrected chi connectivity index (χ1v) is 10.0. The predicted octanol–water partition coefficient (Wildman–Crippen LogP) is 5.39. The molecule has 5 nitrogen and oxygen atoms in total. The largest absolute Gasteiger partial charge is 0.505 e. The molecule has 0 aromatic carbocycles. The molecule has 0 spiro atoms. The van der Waals surface area contributed by atoms with E-state index in [1.807, 2.05) is 20.8 Å². The van der Waals surface area contributed by atoms with Gasteiger partial charge in [-0.1, -0.05) is 24.1 Å². The third-order valence-electron chi connectivity index (χ3n) is 5.24. The third-order valence-corrected chi connectivity index (χ3v) is 5.24. The van der Waals surface area contributed by atoms with E-state index in [1.165, 1.54) is 24.8 Å². The summed E-state index contributed by atoms with van der Waals surface area (Å²) < 4.78 is 5.16. The minimum atomic E-state index is -0.693. The van der Waals surface area contributed by atoms with Gasteiger partial charge in [-0.15, -0.1) is 0 Å². The monoisotopic (exact) mass is 402 g/mol. The summed E-state index contributed by atoms with van der Waals surface area (Å²) in [5.41, 5.74) is 1.65. The number of ether oxygens (including phenoxy) is 1. The van der Waals surface area contributed by atoms with Crippen molar-refractivity contribution in [2.45, 2.75) is 67.2 Å². The highest BCUT2D eigenvalue weighted by Crippen LogP contribution is 2.46. The lowest BCUT2D eigenvalue weighted by molar-refractivity contribution is -0.132. The molecule has 0 aliphatic heterocycles. The number of aliphatic hydroxyl groups is 1. The normalized spacial score (nSPS) is 24.5. The molecule has 3 atom stereocenters. The topological polar surface area (TPSA) is 80.7 Å². The van der Waals surface area contributed by atoms with Gasteiger partial charge in [0.05, 0.1) is 6.26 Å². The Balaban J connectivity index is 3.27. The van der Waals surface area contributed by atoms with Crippen molar-refractivity contribution < 1.29 is 24.2 Å². The number of allylic oxidation sites excluding steroid dienone is 6. The van der Waals surface area contributed by atoms with Crippen molar-refractivity contribution in [3.8, 4) is 0 Å². The second-order valence-electron chi connectivity index (χ2n) is 8.66. The average molecular weight is 403 g/mol. The summed E-state index contributed by atoms with van der Waals surface area (Å²) in [4.78, 5) is 36.4. The molecule has 3 unspecified atom stereocenters. The second kappa shape index (κ2) is 10.9. The molecule has 0 amide bonds. The summed E-state index contributed by atoms with van der Waals surface area (Å²) >= 11 is 0. The van der Waals surface area contributed by atoms with Crippen molar-refractivity contribution in [1.29, 1.82) is 0 Å². The van der Waals surface area contributed by atoms with Gasteiger partial charge in [0.25, 0.3) is 0 Å². The summed E-state index contributed by atoms with van der Waals surface area (Å²) in [5, 5.41) is 10.2. The van der Waals surface area contributed by atoms with Crippen LogP contribution in [0.5, 0.6) is 0 Å². The van der Waals surface area contributed by atoms with E-state index in [9.17, 15) is 19.5 Å². The smallest absolute Gasteiger partial charge is 0.335 e. The van der Waals surface area contributed by atoms with E-state index in [0.29, 0.717) is 6.42 Å². The Morgan fingerprint density at radius 2 is 1.86 bits per heavy atom. The van der Waals surface area contributed by atoms with Gasteiger partial charge in [-0.2, -0.15) is 0 Å². The lowest BCUT2D eigenvalue weighted by atomic mass is 9.65. The molecule has 0 radical (unpaired) electrons. The fraction of sp³-hybridized carbons (Fsp3) is 0.542. The first kappa shape index (κ1) is 24.6. The Labute approximate surface area is 174 Å². The third kappa shape index (κ3) is 7.84. The number of aliphatic hydroxyl groups excluding tert-OH is 1. The minimum absolute atomic E-state index is 0.0336. The van der Waals surface area contributed by atoms with Gasteiger partial charge < -0.3 is 14.6 Å². The zero-order valence-corrected chi connectivity index (χ0v) is 18.5. The van der Waals surface area contributed by atoms with E-state index < -0.39 is 17.7 Å². The molecule has 0 heterocycles. The van der Waals surface area contributed by atoms with Gasteiger partial charge >= 0.3 is 5.97 Å². The minimum Gasteiger partial charge on any atom is -0.505 e. The molecule has 5 heteroatoms. The second-order valence-corrected chi connectivity index (χ2v) is 8.66. The van der Waals surface area contributed by atoms with Gasteiger partial charge in [0.1, 0.15) is 5.78 Å². The average Bonchev–Trinajstić information content (AvgIpc) is 2.66. The standard InChI is InChI=1S/C24H34O5/c1-16(2)8-7-11-24(6)12-9-21(26)23(28)19(15-18(5)25)20(24)10-13-29-22(27)14-17(3)4/h8-10,13-14,19-20,26H,7,11-12,15H2,1-6H3/b13-10+. The Morgan fingerprint density at radius 1 is 1.21 bits per heavy atom. The van der Waals surface area contributed by atoms with E-state index >= 15 is 0 Å². The van der Waals surface area contributed by atoms with E-state index in [0.717, 1.165) is 18.4 Å². The van der Waals surface area contributed by atoms with Crippen LogP contribution in [-0.2, 0) is 19.1 Å². The van der Waals surface area contributed by atoms with Gasteiger partial charge in [-0.05, 0) is 77.4 Å². The van der Waals surface area contributed by atoms with Gasteiger partial charge in [0.15, 0.2) is 5.76 Å². The predicted molar refractivity (Wildman–Crippen MR) is 114 cm³/mol. The van der Waals surface area contributed by atoms with Crippen molar-refractivity contribution in [3.63, 3.8) is 0 Å². The van der Waals surface area contributed by atoms with E-state index in [-0.39, 0.29) is 29.3 Å². The van der Waals surface area contributed by atoms with E-state index in [4.69, 9.17) is 4.74 Å². The van der Waals surface area contributed by atoms with Crippen LogP contribution < -0.4 is 0 Å². The molecule has 0 saturated carbocycles. The molecule has 1 aliphatic carbocycles. The maximum Gasteiger partial charge on any atom is 0.335 e. The van der Waals surface area contributed by atoms with Crippen LogP contribution >= 0.6 is 0 Å². The summed E-state index contributed by atoms with van der Waals surface area (Å²) in [6.45, 7) is 11.1. The summed E-state index contributed by atoms with van der Waals surface area (Å²) in [7, 11) is 0. The highest BCUT2D eigenvalue weighted by Gasteiger charge is 2.43. The number of carbonyl (C=O) groups excluding carboxylic acids is 3. The van der Waals surface area contributed by atoms with Crippen LogP contribution in [0.1, 0.15) is 67.2 Å². The van der Waals surface area contributed by atoms with Crippen LogP contribution in [0.3, 0.4) is 0 Å². The van der Waals surface area contributed by atoms with E-state index in [1.54, 1.807) is 26.0 Å². The van der Waals surface area contributed by atoms with Crippen LogP contribution in [0.2, 0.25) is 0 Å². The molecule has 1 rings (SSSR count). The molecule has 160 valence electrons. The highest BCUT2D eigenvalue weighted by molar-refractivity contribution is 5.98. The number of hydrogen-bond donors (Lipinski definition) is 1. The molecule has 0 bridgehead atoms. The molecular weight excluding hydrogens is 368 g/mol. The molecule has 0 aromatic heterocycles. The fourth-order valence-corrected chi connectivity index (χ4v) is 3.72. The Kier molecular flexibility index (Phi) is 9.28. The van der Waals surface area contributed by atoms with Crippen LogP contribution in [0.4, 0.5) is 0 Å². The number of rotatable bonds is 8. The Bertz CT molecular complexity index is 745. The van der Waals surface area contributed by atoms with Gasteiger partial charge in [0, 0.05) is 18.4 Å². The lowest BCUT2D eigenvalue weighted by Gasteiger charge is -2.38. The molecule has 0 aromatic rings. The van der Waals surface area contributed by atoms with Gasteiger partial charge in [0.2, 0.25) is 5.78 Å². The quantitative estimate of drug-likeness (QED) is 0.255. The molecule has 1 aliphatic rings. The summed E-state index contributed by atoms with van der Waals surface area (Å²) in [6, 6.07) is 0. The Morgan fingerprint density at radius 3 is 2.41 bits per heavy atom. The fourth-order valence-electron chi connectivity index (χ4n) is 3.72. The number of Topliss-reactive ketones (excluding diaryl/α,β-unsaturated/α-hetero) is 2. The van der Waals surface area contributed by atoms with Crippen LogP contribution in [0, 0.1) is 17.3 Å². The van der Waals surface area contributed by atoms with Crippen LogP contribution in [-0.4, -0.2) is 22.6 Å². The zero-order chi connectivity index (χ0) is 22.2. The summed E-state index contributed by atoms with van der Waals surface area (Å²) in [5.74, 6) is -2.38. The van der Waals surface area contributed by atoms with Crippen molar-refractivity contribution in [2.24, 2.45) is 17.3 Å². The number of ketones is 2. The first-order chi connectivity index (χ1) is 13.5. The maximum absolute atomic E-state index is 12.8. The Hall–Kier alpha value is -2.43. The lowest BCUT2D eigenvalue weighted by Crippen LogP contribution is -2.35. The maximum atomic E-state index is 12.8. The number of hydrogen-bond acceptors (Lipinski definition) is 5. The van der Waals surface area contributed by atoms with E-state index in [2.05, 4.69) is 6.08 Å². The van der Waals surface area contributed by atoms with Crippen molar-refractivity contribution in [1.82, 2.24) is 0 Å². The molecular formula is C24H34O5. The molecule has 29 heavy (non-hydrogen) atoms. The molecule has 0 saturated heterocycles. The number of esters is 1. The molecule has 1 N–H and O–H groups in total. The first-order valence-electron chi connectivity index (χ1n) is 10.0.